The second-order valence-electron chi connectivity index (χ2n) is 4.62. The molecule has 132 valence electrons. The van der Waals surface area contributed by atoms with E-state index < -0.39 is 30.6 Å². The lowest BCUT2D eigenvalue weighted by Crippen LogP contribution is -2.45. The summed E-state index contributed by atoms with van der Waals surface area (Å²) in [6, 6.07) is 2.82. The molecular formula is C14H17Cl2N3O4S. The minimum Gasteiger partial charge on any atom is -0.454 e. The number of esters is 1. The number of urea groups is 1. The van der Waals surface area contributed by atoms with Crippen molar-refractivity contribution in [1.82, 2.24) is 5.32 Å². The Balaban J connectivity index is 2.54. The molecule has 4 N–H and O–H groups in total. The summed E-state index contributed by atoms with van der Waals surface area (Å²) in [5.74, 6) is -0.692. The SMILES string of the molecule is CSCC[C@@H](NC(N)=O)C(=O)OCC(=O)Nc1ccc(Cl)cc1Cl. The number of anilines is 1. The first-order valence-corrected chi connectivity index (χ1v) is 8.95. The van der Waals surface area contributed by atoms with Gasteiger partial charge in [-0.15, -0.1) is 0 Å². The van der Waals surface area contributed by atoms with Crippen molar-refractivity contribution >= 4 is 58.6 Å². The number of primary amides is 1. The Bertz CT molecular complexity index is 616. The van der Waals surface area contributed by atoms with Crippen LogP contribution in [-0.4, -0.2) is 42.6 Å². The fourth-order valence-electron chi connectivity index (χ4n) is 1.67. The van der Waals surface area contributed by atoms with E-state index >= 15 is 0 Å². The second-order valence-corrected chi connectivity index (χ2v) is 6.45. The monoisotopic (exact) mass is 393 g/mol. The van der Waals surface area contributed by atoms with E-state index in [0.29, 0.717) is 22.9 Å². The van der Waals surface area contributed by atoms with E-state index in [-0.39, 0.29) is 5.02 Å². The number of nitrogens with one attached hydrogen (secondary N) is 2. The smallest absolute Gasteiger partial charge is 0.329 e. The van der Waals surface area contributed by atoms with Gasteiger partial charge in [0.1, 0.15) is 6.04 Å². The molecule has 1 aromatic rings. The molecule has 1 rings (SSSR count). The van der Waals surface area contributed by atoms with Crippen molar-refractivity contribution in [3.63, 3.8) is 0 Å². The highest BCUT2D eigenvalue weighted by Gasteiger charge is 2.22. The number of hydrogen-bond acceptors (Lipinski definition) is 5. The minimum absolute atomic E-state index is 0.260. The number of rotatable bonds is 8. The van der Waals surface area contributed by atoms with Crippen molar-refractivity contribution in [2.75, 3.05) is 23.9 Å². The van der Waals surface area contributed by atoms with Crippen LogP contribution in [0.5, 0.6) is 0 Å². The van der Waals surface area contributed by atoms with E-state index in [0.717, 1.165) is 0 Å². The Hall–Kier alpha value is -1.64. The van der Waals surface area contributed by atoms with Crippen LogP contribution in [0.15, 0.2) is 18.2 Å². The number of ether oxygens (including phenoxy) is 1. The summed E-state index contributed by atoms with van der Waals surface area (Å²) in [6.07, 6.45) is 2.20. The molecule has 0 aliphatic rings. The molecule has 0 spiro atoms. The predicted octanol–water partition coefficient (Wildman–Crippen LogP) is 2.27. The fraction of sp³-hybridized carbons (Fsp3) is 0.357. The summed E-state index contributed by atoms with van der Waals surface area (Å²) >= 11 is 13.2. The van der Waals surface area contributed by atoms with E-state index in [4.69, 9.17) is 33.7 Å². The summed E-state index contributed by atoms with van der Waals surface area (Å²) in [5, 5.41) is 5.47. The summed E-state index contributed by atoms with van der Waals surface area (Å²) in [4.78, 5) is 34.7. The maximum Gasteiger partial charge on any atom is 0.329 e. The molecule has 0 saturated heterocycles. The molecule has 3 amide bonds. The van der Waals surface area contributed by atoms with Gasteiger partial charge in [-0.2, -0.15) is 11.8 Å². The molecule has 0 aliphatic heterocycles. The van der Waals surface area contributed by atoms with Gasteiger partial charge in [0.2, 0.25) is 0 Å². The van der Waals surface area contributed by atoms with Crippen LogP contribution in [-0.2, 0) is 14.3 Å². The van der Waals surface area contributed by atoms with Crippen LogP contribution < -0.4 is 16.4 Å². The van der Waals surface area contributed by atoms with Gasteiger partial charge in [-0.05, 0) is 36.6 Å². The molecule has 1 aromatic carbocycles. The molecule has 24 heavy (non-hydrogen) atoms. The number of benzene rings is 1. The minimum atomic E-state index is -0.901. The van der Waals surface area contributed by atoms with Crippen LogP contribution in [0.3, 0.4) is 0 Å². The van der Waals surface area contributed by atoms with E-state index in [1.165, 1.54) is 23.9 Å². The Kier molecular flexibility index (Phi) is 8.73. The zero-order valence-corrected chi connectivity index (χ0v) is 15.1. The number of nitrogens with two attached hydrogens (primary N) is 1. The highest BCUT2D eigenvalue weighted by molar-refractivity contribution is 7.98. The second kappa shape index (κ2) is 10.3. The first-order chi connectivity index (χ1) is 11.3. The number of halogens is 2. The third-order valence-electron chi connectivity index (χ3n) is 2.76. The molecule has 0 radical (unpaired) electrons. The lowest BCUT2D eigenvalue weighted by atomic mass is 10.2. The molecule has 7 nitrogen and oxygen atoms in total. The normalized spacial score (nSPS) is 11.5. The molecule has 0 bridgehead atoms. The Morgan fingerprint density at radius 2 is 2.04 bits per heavy atom. The van der Waals surface area contributed by atoms with Crippen molar-refractivity contribution in [3.8, 4) is 0 Å². The fourth-order valence-corrected chi connectivity index (χ4v) is 2.60. The average Bonchev–Trinajstić information content (AvgIpc) is 2.51. The highest BCUT2D eigenvalue weighted by Crippen LogP contribution is 2.25. The average molecular weight is 394 g/mol. The van der Waals surface area contributed by atoms with Crippen LogP contribution in [0.25, 0.3) is 0 Å². The number of carbonyl (C=O) groups excluding carboxylic acids is 3. The van der Waals surface area contributed by atoms with Gasteiger partial charge in [0.25, 0.3) is 5.91 Å². The number of carbonyl (C=O) groups is 3. The van der Waals surface area contributed by atoms with Crippen molar-refractivity contribution in [2.45, 2.75) is 12.5 Å². The van der Waals surface area contributed by atoms with Crippen LogP contribution >= 0.6 is 35.0 Å². The third kappa shape index (κ3) is 7.29. The van der Waals surface area contributed by atoms with Gasteiger partial charge in [-0.3, -0.25) is 4.79 Å². The van der Waals surface area contributed by atoms with Gasteiger partial charge in [-0.25, -0.2) is 9.59 Å². The molecule has 0 aromatic heterocycles. The zero-order chi connectivity index (χ0) is 18.1. The van der Waals surface area contributed by atoms with Gasteiger partial charge in [0.05, 0.1) is 10.7 Å². The van der Waals surface area contributed by atoms with E-state index in [1.807, 2.05) is 6.26 Å². The maximum absolute atomic E-state index is 11.9. The highest BCUT2D eigenvalue weighted by atomic mass is 35.5. The van der Waals surface area contributed by atoms with Crippen molar-refractivity contribution in [2.24, 2.45) is 5.73 Å². The van der Waals surface area contributed by atoms with Gasteiger partial charge in [0, 0.05) is 5.02 Å². The topological polar surface area (TPSA) is 111 Å². The molecule has 1 atom stereocenters. The first kappa shape index (κ1) is 20.4. The summed E-state index contributed by atoms with van der Waals surface area (Å²) in [7, 11) is 0. The van der Waals surface area contributed by atoms with Crippen LogP contribution in [0.1, 0.15) is 6.42 Å². The first-order valence-electron chi connectivity index (χ1n) is 6.80. The van der Waals surface area contributed by atoms with E-state index in [2.05, 4.69) is 10.6 Å². The van der Waals surface area contributed by atoms with Gasteiger partial charge < -0.3 is 21.1 Å². The van der Waals surface area contributed by atoms with Gasteiger partial charge >= 0.3 is 12.0 Å². The molecule has 10 heteroatoms. The zero-order valence-electron chi connectivity index (χ0n) is 12.8. The molecule has 0 unspecified atom stereocenters. The number of hydrogen-bond donors (Lipinski definition) is 3. The quantitative estimate of drug-likeness (QED) is 0.586. The van der Waals surface area contributed by atoms with Crippen LogP contribution in [0, 0.1) is 0 Å². The molecule has 0 saturated carbocycles. The van der Waals surface area contributed by atoms with Crippen molar-refractivity contribution in [1.29, 1.82) is 0 Å². The molecular weight excluding hydrogens is 377 g/mol. The standard InChI is InChI=1S/C14H17Cl2N3O4S/c1-24-5-4-11(19-14(17)22)13(21)23-7-12(20)18-10-3-2-8(15)6-9(10)16/h2-3,6,11H,4-5,7H2,1H3,(H,18,20)(H3,17,19,22)/t11-/m1/s1. The number of amides is 3. The Morgan fingerprint density at radius 3 is 2.62 bits per heavy atom. The van der Waals surface area contributed by atoms with Crippen LogP contribution in [0.2, 0.25) is 10.0 Å². The van der Waals surface area contributed by atoms with Gasteiger partial charge in [-0.1, -0.05) is 23.2 Å². The van der Waals surface area contributed by atoms with E-state index in [9.17, 15) is 14.4 Å². The lowest BCUT2D eigenvalue weighted by molar-refractivity contribution is -0.149. The third-order valence-corrected chi connectivity index (χ3v) is 3.95. The van der Waals surface area contributed by atoms with Crippen LogP contribution in [0.4, 0.5) is 10.5 Å². The summed E-state index contributed by atoms with van der Waals surface area (Å²) in [5.41, 5.74) is 5.36. The predicted molar refractivity (Wildman–Crippen MR) is 95.6 cm³/mol. The molecule has 0 fully saturated rings. The molecule has 0 heterocycles. The summed E-state index contributed by atoms with van der Waals surface area (Å²) < 4.78 is 4.90. The Labute approximate surface area is 153 Å². The van der Waals surface area contributed by atoms with Gasteiger partial charge in [0.15, 0.2) is 6.61 Å². The molecule has 0 aliphatic carbocycles. The van der Waals surface area contributed by atoms with Crippen molar-refractivity contribution < 1.29 is 19.1 Å². The lowest BCUT2D eigenvalue weighted by Gasteiger charge is -2.16. The van der Waals surface area contributed by atoms with E-state index in [1.54, 1.807) is 6.07 Å². The summed E-state index contributed by atoms with van der Waals surface area (Å²) in [6.45, 7) is -0.520. The van der Waals surface area contributed by atoms with Crippen molar-refractivity contribution in [3.05, 3.63) is 28.2 Å². The number of thioether (sulfide) groups is 1. The maximum atomic E-state index is 11.9. The Morgan fingerprint density at radius 1 is 1.33 bits per heavy atom. The largest absolute Gasteiger partial charge is 0.454 e.